The first-order chi connectivity index (χ1) is 10.2. The average Bonchev–Trinajstić information content (AvgIpc) is 2.50. The molecule has 1 fully saturated rings. The van der Waals surface area contributed by atoms with Crippen LogP contribution in [0.15, 0.2) is 0 Å². The molecule has 1 N–H and O–H groups in total. The Balaban J connectivity index is 2.46. The van der Waals surface area contributed by atoms with Crippen LogP contribution in [0.5, 0.6) is 0 Å². The number of hydrogen-bond donors (Lipinski definition) is 1. The van der Waals surface area contributed by atoms with E-state index in [-0.39, 0.29) is 0 Å². The van der Waals surface area contributed by atoms with E-state index in [0.717, 1.165) is 46.7 Å². The van der Waals surface area contributed by atoms with Gasteiger partial charge in [-0.3, -0.25) is 0 Å². The van der Waals surface area contributed by atoms with Gasteiger partial charge in [0, 0.05) is 39.2 Å². The zero-order valence-corrected chi connectivity index (χ0v) is 15.2. The van der Waals surface area contributed by atoms with Crippen LogP contribution < -0.4 is 5.32 Å². The molecule has 1 aromatic heterocycles. The Hall–Kier alpha value is -0.470. The highest BCUT2D eigenvalue weighted by atomic mass is 127. The molecule has 6 heteroatoms. The van der Waals surface area contributed by atoms with E-state index in [2.05, 4.69) is 41.8 Å². The molecule has 0 aromatic carbocycles. The highest BCUT2D eigenvalue weighted by Gasteiger charge is 2.39. The predicted molar refractivity (Wildman–Crippen MR) is 91.6 cm³/mol. The van der Waals surface area contributed by atoms with Gasteiger partial charge in [0.1, 0.15) is 11.4 Å². The summed E-state index contributed by atoms with van der Waals surface area (Å²) in [5, 5.41) is 3.34. The molecule has 0 amide bonds. The fourth-order valence-corrected chi connectivity index (χ4v) is 3.44. The average molecular weight is 405 g/mol. The van der Waals surface area contributed by atoms with E-state index >= 15 is 0 Å². The Labute approximate surface area is 140 Å². The van der Waals surface area contributed by atoms with Crippen molar-refractivity contribution in [3.05, 3.63) is 15.1 Å². The third-order valence-electron chi connectivity index (χ3n) is 3.73. The molecular weight excluding hydrogens is 381 g/mol. The van der Waals surface area contributed by atoms with Gasteiger partial charge in [-0.1, -0.05) is 6.92 Å². The fourth-order valence-electron chi connectivity index (χ4n) is 2.63. The minimum atomic E-state index is -0.397. The van der Waals surface area contributed by atoms with Crippen LogP contribution in [0.1, 0.15) is 45.1 Å². The van der Waals surface area contributed by atoms with E-state index in [0.29, 0.717) is 19.8 Å². The Bertz CT molecular complexity index is 471. The number of ether oxygens (including phenoxy) is 2. The topological polar surface area (TPSA) is 56.3 Å². The second-order valence-electron chi connectivity index (χ2n) is 5.08. The van der Waals surface area contributed by atoms with Crippen LogP contribution in [0.3, 0.4) is 0 Å². The molecule has 0 saturated carbocycles. The van der Waals surface area contributed by atoms with Crippen LogP contribution in [-0.2, 0) is 21.5 Å². The summed E-state index contributed by atoms with van der Waals surface area (Å²) < 4.78 is 12.7. The SMILES string of the molecule is CCNc1nc(C2(OCC)CCOCC2)nc(CC)c1I. The Morgan fingerprint density at radius 3 is 2.52 bits per heavy atom. The summed E-state index contributed by atoms with van der Waals surface area (Å²) in [5.74, 6) is 1.73. The van der Waals surface area contributed by atoms with Gasteiger partial charge < -0.3 is 14.8 Å². The zero-order chi connectivity index (χ0) is 15.3. The first-order valence-electron chi connectivity index (χ1n) is 7.69. The summed E-state index contributed by atoms with van der Waals surface area (Å²) in [6.07, 6.45) is 2.52. The van der Waals surface area contributed by atoms with Gasteiger partial charge >= 0.3 is 0 Å². The molecule has 118 valence electrons. The lowest BCUT2D eigenvalue weighted by Gasteiger charge is -2.35. The second-order valence-corrected chi connectivity index (χ2v) is 6.16. The predicted octanol–water partition coefficient (Wildman–Crippen LogP) is 3.12. The fraction of sp³-hybridized carbons (Fsp3) is 0.733. The second kappa shape index (κ2) is 7.69. The first kappa shape index (κ1) is 16.9. The van der Waals surface area contributed by atoms with Gasteiger partial charge in [-0.25, -0.2) is 9.97 Å². The zero-order valence-electron chi connectivity index (χ0n) is 13.0. The third kappa shape index (κ3) is 3.65. The van der Waals surface area contributed by atoms with Gasteiger partial charge in [0.05, 0.1) is 9.26 Å². The van der Waals surface area contributed by atoms with E-state index in [1.54, 1.807) is 0 Å². The molecule has 1 aromatic rings. The highest BCUT2D eigenvalue weighted by Crippen LogP contribution is 2.35. The molecule has 2 heterocycles. The van der Waals surface area contributed by atoms with Gasteiger partial charge in [-0.2, -0.15) is 0 Å². The van der Waals surface area contributed by atoms with Crippen molar-refractivity contribution in [2.24, 2.45) is 0 Å². The highest BCUT2D eigenvalue weighted by molar-refractivity contribution is 14.1. The Morgan fingerprint density at radius 2 is 1.95 bits per heavy atom. The van der Waals surface area contributed by atoms with Crippen molar-refractivity contribution >= 4 is 28.4 Å². The minimum absolute atomic E-state index is 0.397. The summed E-state index contributed by atoms with van der Waals surface area (Å²) in [4.78, 5) is 9.58. The van der Waals surface area contributed by atoms with Gasteiger partial charge in [0.2, 0.25) is 0 Å². The van der Waals surface area contributed by atoms with Gasteiger partial charge in [0.15, 0.2) is 5.82 Å². The first-order valence-corrected chi connectivity index (χ1v) is 8.77. The summed E-state index contributed by atoms with van der Waals surface area (Å²) in [6.45, 7) is 9.14. The quantitative estimate of drug-likeness (QED) is 0.738. The number of rotatable bonds is 6. The van der Waals surface area contributed by atoms with Crippen LogP contribution in [0.25, 0.3) is 0 Å². The Kier molecular flexibility index (Phi) is 6.19. The summed E-state index contributed by atoms with van der Waals surface area (Å²) in [5.41, 5.74) is 0.688. The van der Waals surface area contributed by atoms with Crippen molar-refractivity contribution in [1.29, 1.82) is 0 Å². The molecule has 0 radical (unpaired) electrons. The van der Waals surface area contributed by atoms with Crippen molar-refractivity contribution in [3.63, 3.8) is 0 Å². The maximum atomic E-state index is 6.09. The standard InChI is InChI=1S/C15H24IN3O2/c1-4-11-12(16)13(17-5-2)19-14(18-11)15(21-6-3)7-9-20-10-8-15/h4-10H2,1-3H3,(H,17,18,19). The van der Waals surface area contributed by atoms with Crippen LogP contribution in [0.2, 0.25) is 0 Å². The van der Waals surface area contributed by atoms with E-state index in [1.807, 2.05) is 6.92 Å². The number of hydrogen-bond acceptors (Lipinski definition) is 5. The molecule has 0 unspecified atom stereocenters. The van der Waals surface area contributed by atoms with Crippen LogP contribution in [0.4, 0.5) is 5.82 Å². The number of nitrogens with one attached hydrogen (secondary N) is 1. The van der Waals surface area contributed by atoms with Crippen molar-refractivity contribution in [3.8, 4) is 0 Å². The van der Waals surface area contributed by atoms with E-state index in [1.165, 1.54) is 0 Å². The molecule has 1 aliphatic rings. The van der Waals surface area contributed by atoms with Crippen molar-refractivity contribution in [2.45, 2.75) is 45.6 Å². The van der Waals surface area contributed by atoms with Crippen LogP contribution >= 0.6 is 22.6 Å². The van der Waals surface area contributed by atoms with E-state index in [4.69, 9.17) is 19.4 Å². The molecule has 0 bridgehead atoms. The van der Waals surface area contributed by atoms with Crippen molar-refractivity contribution < 1.29 is 9.47 Å². The van der Waals surface area contributed by atoms with E-state index in [9.17, 15) is 0 Å². The summed E-state index contributed by atoms with van der Waals surface area (Å²) in [7, 11) is 0. The van der Waals surface area contributed by atoms with Crippen LogP contribution in [-0.4, -0.2) is 36.3 Å². The number of anilines is 1. The smallest absolute Gasteiger partial charge is 0.163 e. The molecule has 1 aliphatic heterocycles. The maximum absolute atomic E-state index is 6.09. The number of aryl methyl sites for hydroxylation is 1. The number of aromatic nitrogens is 2. The molecule has 1 saturated heterocycles. The molecule has 0 atom stereocenters. The largest absolute Gasteiger partial charge is 0.381 e. The Morgan fingerprint density at radius 1 is 1.24 bits per heavy atom. The molecule has 21 heavy (non-hydrogen) atoms. The van der Waals surface area contributed by atoms with Crippen LogP contribution in [0, 0.1) is 3.57 Å². The monoisotopic (exact) mass is 405 g/mol. The minimum Gasteiger partial charge on any atom is -0.381 e. The summed E-state index contributed by atoms with van der Waals surface area (Å²) >= 11 is 2.32. The summed E-state index contributed by atoms with van der Waals surface area (Å²) in [6, 6.07) is 0. The maximum Gasteiger partial charge on any atom is 0.163 e. The normalized spacial score (nSPS) is 17.7. The van der Waals surface area contributed by atoms with Gasteiger partial charge in [-0.05, 0) is 42.9 Å². The molecule has 5 nitrogen and oxygen atoms in total. The third-order valence-corrected chi connectivity index (χ3v) is 4.86. The molecule has 2 rings (SSSR count). The number of nitrogens with zero attached hydrogens (tertiary/aromatic N) is 2. The molecular formula is C15H24IN3O2. The lowest BCUT2D eigenvalue weighted by Crippen LogP contribution is -2.39. The molecule has 0 spiro atoms. The lowest BCUT2D eigenvalue weighted by molar-refractivity contribution is -0.117. The van der Waals surface area contributed by atoms with Crippen molar-refractivity contribution in [2.75, 3.05) is 31.7 Å². The van der Waals surface area contributed by atoms with E-state index < -0.39 is 5.60 Å². The van der Waals surface area contributed by atoms with Gasteiger partial charge in [-0.15, -0.1) is 0 Å². The lowest BCUT2D eigenvalue weighted by atomic mass is 9.92. The van der Waals surface area contributed by atoms with Gasteiger partial charge in [0.25, 0.3) is 0 Å². The van der Waals surface area contributed by atoms with Crippen molar-refractivity contribution in [1.82, 2.24) is 9.97 Å². The number of halogens is 1. The molecule has 0 aliphatic carbocycles.